The molecule has 1 rings (SSSR count). The van der Waals surface area contributed by atoms with E-state index in [0.29, 0.717) is 0 Å². The van der Waals surface area contributed by atoms with Gasteiger partial charge in [0, 0.05) is 12.6 Å². The zero-order valence-electron chi connectivity index (χ0n) is 11.1. The van der Waals surface area contributed by atoms with Crippen LogP contribution >= 0.6 is 0 Å². The summed E-state index contributed by atoms with van der Waals surface area (Å²) in [7, 11) is 0. The molecule has 18 heavy (non-hydrogen) atoms. The first-order valence-corrected chi connectivity index (χ1v) is 6.66. The molecule has 1 aliphatic heterocycles. The number of hydroxylamine groups is 1. The van der Waals surface area contributed by atoms with E-state index in [2.05, 4.69) is 24.3 Å². The standard InChI is InChI=1S/C13H24N2O3/c1-3-5-9-18-15-11-6-7-12(14-10-11)13(16)17-8-4-2/h4,11-12,14-15H,2-3,5-10H2,1H3/t11-,12+/m1/s1. The van der Waals surface area contributed by atoms with Gasteiger partial charge in [-0.2, -0.15) is 5.48 Å². The molecule has 0 bridgehead atoms. The number of nitrogens with one attached hydrogen (secondary N) is 2. The van der Waals surface area contributed by atoms with Crippen LogP contribution < -0.4 is 10.8 Å². The number of piperidine rings is 1. The van der Waals surface area contributed by atoms with E-state index in [9.17, 15) is 4.79 Å². The van der Waals surface area contributed by atoms with E-state index in [4.69, 9.17) is 9.57 Å². The molecule has 104 valence electrons. The summed E-state index contributed by atoms with van der Waals surface area (Å²) in [6.07, 6.45) is 5.44. The maximum Gasteiger partial charge on any atom is 0.323 e. The molecule has 0 saturated carbocycles. The molecule has 0 radical (unpaired) electrons. The molecule has 0 aliphatic carbocycles. The monoisotopic (exact) mass is 256 g/mol. The van der Waals surface area contributed by atoms with E-state index < -0.39 is 0 Å². The molecule has 0 aromatic rings. The van der Waals surface area contributed by atoms with E-state index in [0.717, 1.165) is 38.8 Å². The zero-order chi connectivity index (χ0) is 13.2. The highest BCUT2D eigenvalue weighted by Crippen LogP contribution is 2.09. The molecular weight excluding hydrogens is 232 g/mol. The van der Waals surface area contributed by atoms with Crippen molar-refractivity contribution in [2.45, 2.75) is 44.7 Å². The lowest BCUT2D eigenvalue weighted by atomic mass is 10.0. The first kappa shape index (κ1) is 15.1. The molecule has 2 atom stereocenters. The number of hydrogen-bond donors (Lipinski definition) is 2. The second-order valence-electron chi connectivity index (χ2n) is 4.47. The van der Waals surface area contributed by atoms with Gasteiger partial charge in [0.15, 0.2) is 0 Å². The van der Waals surface area contributed by atoms with Gasteiger partial charge in [-0.15, -0.1) is 0 Å². The maximum atomic E-state index is 11.6. The fourth-order valence-corrected chi connectivity index (χ4v) is 1.79. The Morgan fingerprint density at radius 1 is 1.56 bits per heavy atom. The van der Waals surface area contributed by atoms with Crippen LogP contribution in [0.2, 0.25) is 0 Å². The summed E-state index contributed by atoms with van der Waals surface area (Å²) in [5.41, 5.74) is 3.03. The van der Waals surface area contributed by atoms with Crippen LogP contribution in [0.25, 0.3) is 0 Å². The molecule has 1 fully saturated rings. The average Bonchev–Trinajstić information content (AvgIpc) is 2.41. The van der Waals surface area contributed by atoms with Crippen LogP contribution in [0.1, 0.15) is 32.6 Å². The lowest BCUT2D eigenvalue weighted by molar-refractivity contribution is -0.145. The average molecular weight is 256 g/mol. The van der Waals surface area contributed by atoms with Crippen molar-refractivity contribution in [3.8, 4) is 0 Å². The molecule has 0 spiro atoms. The number of hydrogen-bond acceptors (Lipinski definition) is 5. The predicted octanol–water partition coefficient (Wildman–Crippen LogP) is 1.16. The second kappa shape index (κ2) is 9.08. The van der Waals surface area contributed by atoms with Crippen LogP contribution in [-0.4, -0.2) is 37.8 Å². The summed E-state index contributed by atoms with van der Waals surface area (Å²) in [6.45, 7) is 7.38. The van der Waals surface area contributed by atoms with Gasteiger partial charge in [0.25, 0.3) is 0 Å². The van der Waals surface area contributed by atoms with Gasteiger partial charge in [-0.25, -0.2) is 0 Å². The highest BCUT2D eigenvalue weighted by molar-refractivity contribution is 5.76. The van der Waals surface area contributed by atoms with Gasteiger partial charge >= 0.3 is 5.97 Å². The number of carbonyl (C=O) groups excluding carboxylic acids is 1. The minimum absolute atomic E-state index is 0.194. The molecule has 1 heterocycles. The van der Waals surface area contributed by atoms with Crippen LogP contribution in [0.3, 0.4) is 0 Å². The first-order chi connectivity index (χ1) is 8.77. The van der Waals surface area contributed by atoms with Crippen molar-refractivity contribution in [2.75, 3.05) is 19.8 Å². The van der Waals surface area contributed by atoms with Gasteiger partial charge in [0.2, 0.25) is 0 Å². The Balaban J connectivity index is 2.12. The molecule has 0 amide bonds. The molecule has 5 heteroatoms. The highest BCUT2D eigenvalue weighted by atomic mass is 16.6. The Labute approximate surface area is 109 Å². The van der Waals surface area contributed by atoms with E-state index >= 15 is 0 Å². The topological polar surface area (TPSA) is 59.6 Å². The van der Waals surface area contributed by atoms with E-state index in [1.165, 1.54) is 0 Å². The molecule has 1 aliphatic rings. The third kappa shape index (κ3) is 5.62. The molecule has 0 unspecified atom stereocenters. The highest BCUT2D eigenvalue weighted by Gasteiger charge is 2.26. The van der Waals surface area contributed by atoms with E-state index in [-0.39, 0.29) is 24.7 Å². The van der Waals surface area contributed by atoms with Crippen molar-refractivity contribution in [3.63, 3.8) is 0 Å². The minimum Gasteiger partial charge on any atom is -0.460 e. The number of esters is 1. The van der Waals surface area contributed by atoms with E-state index in [1.54, 1.807) is 6.08 Å². The van der Waals surface area contributed by atoms with Gasteiger partial charge in [0.1, 0.15) is 12.6 Å². The first-order valence-electron chi connectivity index (χ1n) is 6.66. The van der Waals surface area contributed by atoms with Gasteiger partial charge in [0.05, 0.1) is 6.61 Å². The fraction of sp³-hybridized carbons (Fsp3) is 0.769. The van der Waals surface area contributed by atoms with Crippen LogP contribution in [0.4, 0.5) is 0 Å². The van der Waals surface area contributed by atoms with Crippen molar-refractivity contribution in [1.29, 1.82) is 0 Å². The lowest BCUT2D eigenvalue weighted by Gasteiger charge is -2.28. The van der Waals surface area contributed by atoms with Crippen LogP contribution in [0.15, 0.2) is 12.7 Å². The van der Waals surface area contributed by atoms with Crippen molar-refractivity contribution >= 4 is 5.97 Å². The number of ether oxygens (including phenoxy) is 1. The van der Waals surface area contributed by atoms with Crippen LogP contribution in [-0.2, 0) is 14.4 Å². The fourth-order valence-electron chi connectivity index (χ4n) is 1.79. The maximum absolute atomic E-state index is 11.6. The predicted molar refractivity (Wildman–Crippen MR) is 70.0 cm³/mol. The summed E-state index contributed by atoms with van der Waals surface area (Å²) >= 11 is 0. The van der Waals surface area contributed by atoms with Gasteiger partial charge in [-0.05, 0) is 19.3 Å². The summed E-state index contributed by atoms with van der Waals surface area (Å²) in [4.78, 5) is 16.9. The van der Waals surface area contributed by atoms with Crippen molar-refractivity contribution in [2.24, 2.45) is 0 Å². The Morgan fingerprint density at radius 3 is 3.00 bits per heavy atom. The van der Waals surface area contributed by atoms with Gasteiger partial charge in [-0.3, -0.25) is 4.79 Å². The van der Waals surface area contributed by atoms with Gasteiger partial charge in [-0.1, -0.05) is 26.0 Å². The molecule has 0 aromatic carbocycles. The third-order valence-corrected chi connectivity index (χ3v) is 2.89. The van der Waals surface area contributed by atoms with Gasteiger partial charge < -0.3 is 14.9 Å². The summed E-state index contributed by atoms with van der Waals surface area (Å²) in [5.74, 6) is -0.194. The Bertz CT molecular complexity index is 251. The molecule has 2 N–H and O–H groups in total. The zero-order valence-corrected chi connectivity index (χ0v) is 11.1. The Kier molecular flexibility index (Phi) is 7.64. The number of carbonyl (C=O) groups is 1. The van der Waals surface area contributed by atoms with Crippen molar-refractivity contribution in [1.82, 2.24) is 10.8 Å². The minimum atomic E-state index is -0.196. The molecule has 0 aromatic heterocycles. The molecule has 5 nitrogen and oxygen atoms in total. The summed E-state index contributed by atoms with van der Waals surface area (Å²) in [5, 5.41) is 3.17. The summed E-state index contributed by atoms with van der Waals surface area (Å²) < 4.78 is 5.01. The molecule has 1 saturated heterocycles. The van der Waals surface area contributed by atoms with Crippen molar-refractivity contribution < 1.29 is 14.4 Å². The SMILES string of the molecule is C=CCOC(=O)[C@@H]1CC[C@@H](NOCCCC)CN1. The van der Waals surface area contributed by atoms with E-state index in [1.807, 2.05) is 0 Å². The third-order valence-electron chi connectivity index (χ3n) is 2.89. The molecular formula is C13H24N2O3. The van der Waals surface area contributed by atoms with Crippen LogP contribution in [0, 0.1) is 0 Å². The summed E-state index contributed by atoms with van der Waals surface area (Å²) in [6, 6.07) is 0.0731. The number of unbranched alkanes of at least 4 members (excludes halogenated alkanes) is 1. The lowest BCUT2D eigenvalue weighted by Crippen LogP contribution is -2.51. The Morgan fingerprint density at radius 2 is 2.39 bits per heavy atom. The largest absolute Gasteiger partial charge is 0.460 e. The van der Waals surface area contributed by atoms with Crippen molar-refractivity contribution in [3.05, 3.63) is 12.7 Å². The smallest absolute Gasteiger partial charge is 0.323 e. The normalized spacial score (nSPS) is 23.6. The second-order valence-corrected chi connectivity index (χ2v) is 4.47. The van der Waals surface area contributed by atoms with Crippen LogP contribution in [0.5, 0.6) is 0 Å². The quantitative estimate of drug-likeness (QED) is 0.295. The number of rotatable bonds is 8. The Hall–Kier alpha value is -0.910.